The van der Waals surface area contributed by atoms with Crippen LogP contribution >= 0.6 is 0 Å². The van der Waals surface area contributed by atoms with Gasteiger partial charge in [0, 0.05) is 32.4 Å². The molecule has 0 aliphatic carbocycles. The van der Waals surface area contributed by atoms with Gasteiger partial charge in [0.05, 0.1) is 5.39 Å². The predicted octanol–water partition coefficient (Wildman–Crippen LogP) is 1.65. The Morgan fingerprint density at radius 2 is 2.24 bits per heavy atom. The Kier molecular flexibility index (Phi) is 3.61. The monoisotopic (exact) mass is 335 g/mol. The highest BCUT2D eigenvalue weighted by Crippen LogP contribution is 2.28. The molecule has 0 radical (unpaired) electrons. The molecule has 8 heteroatoms. The molecule has 4 rings (SSSR count). The van der Waals surface area contributed by atoms with Crippen LogP contribution in [-0.2, 0) is 0 Å². The normalized spacial score (nSPS) is 17.0. The van der Waals surface area contributed by atoms with E-state index in [0.29, 0.717) is 5.82 Å². The third-order valence-electron chi connectivity index (χ3n) is 4.69. The molecular weight excluding hydrogens is 318 g/mol. The first-order valence-electron chi connectivity index (χ1n) is 8.03. The van der Waals surface area contributed by atoms with Crippen LogP contribution in [0, 0.1) is 11.3 Å². The van der Waals surface area contributed by atoms with Gasteiger partial charge in [-0.15, -0.1) is 0 Å². The van der Waals surface area contributed by atoms with E-state index >= 15 is 0 Å². The van der Waals surface area contributed by atoms with Gasteiger partial charge in [0.1, 0.15) is 35.2 Å². The SMILES string of the molecule is CN(c1ccc(C#N)c(O)n1)[C@@H]1CCN(c2ncnc3[nH]ccc23)C1. The third-order valence-corrected chi connectivity index (χ3v) is 4.69. The van der Waals surface area contributed by atoms with Crippen molar-refractivity contribution in [1.82, 2.24) is 19.9 Å². The Morgan fingerprint density at radius 1 is 1.36 bits per heavy atom. The maximum Gasteiger partial charge on any atom is 0.231 e. The summed E-state index contributed by atoms with van der Waals surface area (Å²) in [5.41, 5.74) is 1.02. The van der Waals surface area contributed by atoms with Crippen LogP contribution in [0.3, 0.4) is 0 Å². The molecule has 126 valence electrons. The van der Waals surface area contributed by atoms with Crippen molar-refractivity contribution >= 4 is 22.7 Å². The molecule has 1 saturated heterocycles. The number of anilines is 2. The summed E-state index contributed by atoms with van der Waals surface area (Å²) < 4.78 is 0. The summed E-state index contributed by atoms with van der Waals surface area (Å²) >= 11 is 0. The summed E-state index contributed by atoms with van der Waals surface area (Å²) in [7, 11) is 1.95. The summed E-state index contributed by atoms with van der Waals surface area (Å²) in [4.78, 5) is 20.2. The Hall–Kier alpha value is -3.34. The molecule has 3 aromatic rings. The van der Waals surface area contributed by atoms with Gasteiger partial charge >= 0.3 is 0 Å². The van der Waals surface area contributed by atoms with E-state index in [1.54, 1.807) is 18.5 Å². The molecule has 25 heavy (non-hydrogen) atoms. The van der Waals surface area contributed by atoms with Gasteiger partial charge in [-0.1, -0.05) is 0 Å². The number of aromatic amines is 1. The first-order valence-corrected chi connectivity index (χ1v) is 8.03. The molecule has 1 fully saturated rings. The van der Waals surface area contributed by atoms with Crippen molar-refractivity contribution < 1.29 is 5.11 Å². The number of rotatable bonds is 3. The van der Waals surface area contributed by atoms with E-state index in [-0.39, 0.29) is 17.5 Å². The van der Waals surface area contributed by atoms with E-state index in [1.807, 2.05) is 30.3 Å². The minimum Gasteiger partial charge on any atom is -0.492 e. The fraction of sp³-hybridized carbons (Fsp3) is 0.294. The van der Waals surface area contributed by atoms with Gasteiger partial charge < -0.3 is 19.9 Å². The van der Waals surface area contributed by atoms with E-state index < -0.39 is 0 Å². The zero-order valence-corrected chi connectivity index (χ0v) is 13.7. The van der Waals surface area contributed by atoms with Crippen molar-refractivity contribution in [3.63, 3.8) is 0 Å². The molecule has 3 aromatic heterocycles. The zero-order chi connectivity index (χ0) is 17.4. The minimum atomic E-state index is -0.230. The van der Waals surface area contributed by atoms with Gasteiger partial charge in [0.25, 0.3) is 0 Å². The number of hydrogen-bond donors (Lipinski definition) is 2. The molecule has 4 heterocycles. The molecule has 0 spiro atoms. The number of aromatic hydroxyl groups is 1. The second kappa shape index (κ2) is 5.94. The van der Waals surface area contributed by atoms with Gasteiger partial charge in [0.15, 0.2) is 0 Å². The molecule has 0 unspecified atom stereocenters. The van der Waals surface area contributed by atoms with Crippen LogP contribution in [0.25, 0.3) is 11.0 Å². The first kappa shape index (κ1) is 15.2. The molecule has 1 aliphatic heterocycles. The number of nitriles is 1. The highest BCUT2D eigenvalue weighted by molar-refractivity contribution is 5.87. The van der Waals surface area contributed by atoms with Gasteiger partial charge in [-0.05, 0) is 24.6 Å². The summed E-state index contributed by atoms with van der Waals surface area (Å²) in [5.74, 6) is 1.35. The maximum atomic E-state index is 9.82. The number of pyridine rings is 1. The lowest BCUT2D eigenvalue weighted by molar-refractivity contribution is 0.451. The highest BCUT2D eigenvalue weighted by atomic mass is 16.3. The van der Waals surface area contributed by atoms with Gasteiger partial charge in [0.2, 0.25) is 5.88 Å². The third kappa shape index (κ3) is 2.59. The van der Waals surface area contributed by atoms with Gasteiger partial charge in [-0.3, -0.25) is 0 Å². The number of aromatic nitrogens is 4. The summed E-state index contributed by atoms with van der Waals surface area (Å²) in [5, 5.41) is 19.7. The molecule has 8 nitrogen and oxygen atoms in total. The average Bonchev–Trinajstić information content (AvgIpc) is 3.30. The Labute approximate surface area is 144 Å². The number of nitrogens with zero attached hydrogens (tertiary/aromatic N) is 6. The standard InChI is InChI=1S/C17H17N7O/c1-23(14-3-2-11(8-18)17(25)22-14)12-5-7-24(9-12)16-13-4-6-19-15(13)20-10-21-16/h2-4,6,10,12H,5,7,9H2,1H3,(H,22,25)(H,19,20,21)/t12-/m1/s1. The lowest BCUT2D eigenvalue weighted by atomic mass is 10.2. The summed E-state index contributed by atoms with van der Waals surface area (Å²) in [6, 6.07) is 7.50. The second-order valence-corrected chi connectivity index (χ2v) is 6.09. The Balaban J connectivity index is 1.55. The van der Waals surface area contributed by atoms with Gasteiger partial charge in [-0.25, -0.2) is 9.97 Å². The van der Waals surface area contributed by atoms with E-state index in [0.717, 1.165) is 36.4 Å². The van der Waals surface area contributed by atoms with Crippen LogP contribution in [0.5, 0.6) is 5.88 Å². The molecule has 1 aliphatic rings. The molecule has 2 N–H and O–H groups in total. The van der Waals surface area contributed by atoms with Crippen LogP contribution < -0.4 is 9.80 Å². The number of nitrogens with one attached hydrogen (secondary N) is 1. The van der Waals surface area contributed by atoms with Crippen molar-refractivity contribution in [2.75, 3.05) is 29.9 Å². The molecule has 0 aromatic carbocycles. The number of hydrogen-bond acceptors (Lipinski definition) is 7. The highest BCUT2D eigenvalue weighted by Gasteiger charge is 2.28. The van der Waals surface area contributed by atoms with Crippen LogP contribution in [0.2, 0.25) is 0 Å². The number of likely N-dealkylation sites (N-methyl/N-ethyl adjacent to an activating group) is 1. The molecule has 1 atom stereocenters. The quantitative estimate of drug-likeness (QED) is 0.749. The fourth-order valence-electron chi connectivity index (χ4n) is 3.27. The van der Waals surface area contributed by atoms with E-state index in [2.05, 4.69) is 24.8 Å². The summed E-state index contributed by atoms with van der Waals surface area (Å²) in [6.45, 7) is 1.69. The van der Waals surface area contributed by atoms with Crippen molar-refractivity contribution in [3.05, 3.63) is 36.3 Å². The maximum absolute atomic E-state index is 9.82. The van der Waals surface area contributed by atoms with Crippen molar-refractivity contribution in [2.24, 2.45) is 0 Å². The number of fused-ring (bicyclic) bond motifs is 1. The fourth-order valence-corrected chi connectivity index (χ4v) is 3.27. The van der Waals surface area contributed by atoms with Gasteiger partial charge in [-0.2, -0.15) is 10.2 Å². The van der Waals surface area contributed by atoms with Crippen LogP contribution in [0.1, 0.15) is 12.0 Å². The Morgan fingerprint density at radius 3 is 3.04 bits per heavy atom. The largest absolute Gasteiger partial charge is 0.492 e. The Bertz CT molecular complexity index is 961. The molecule has 0 saturated carbocycles. The molecular formula is C17H17N7O. The molecule has 0 amide bonds. The van der Waals surface area contributed by atoms with E-state index in [9.17, 15) is 5.11 Å². The first-order chi connectivity index (χ1) is 12.2. The van der Waals surface area contributed by atoms with Crippen LogP contribution in [0.4, 0.5) is 11.6 Å². The van der Waals surface area contributed by atoms with Crippen molar-refractivity contribution in [1.29, 1.82) is 5.26 Å². The lowest BCUT2D eigenvalue weighted by Gasteiger charge is -2.26. The summed E-state index contributed by atoms with van der Waals surface area (Å²) in [6.07, 6.45) is 4.40. The van der Waals surface area contributed by atoms with Crippen LogP contribution in [-0.4, -0.2) is 51.2 Å². The zero-order valence-electron chi connectivity index (χ0n) is 13.7. The van der Waals surface area contributed by atoms with Crippen LogP contribution in [0.15, 0.2) is 30.7 Å². The average molecular weight is 335 g/mol. The molecule has 0 bridgehead atoms. The van der Waals surface area contributed by atoms with Crippen molar-refractivity contribution in [3.8, 4) is 11.9 Å². The topological polar surface area (TPSA) is 105 Å². The lowest BCUT2D eigenvalue weighted by Crippen LogP contribution is -2.35. The van der Waals surface area contributed by atoms with E-state index in [1.165, 1.54) is 0 Å². The van der Waals surface area contributed by atoms with Crippen molar-refractivity contribution in [2.45, 2.75) is 12.5 Å². The van der Waals surface area contributed by atoms with E-state index in [4.69, 9.17) is 5.26 Å². The minimum absolute atomic E-state index is 0.182. The smallest absolute Gasteiger partial charge is 0.231 e. The number of H-pyrrole nitrogens is 1. The predicted molar refractivity (Wildman–Crippen MR) is 93.5 cm³/mol. The second-order valence-electron chi connectivity index (χ2n) is 6.09.